The summed E-state index contributed by atoms with van der Waals surface area (Å²) in [7, 11) is 0. The number of aliphatic hydroxyl groups is 1. The molecule has 1 aliphatic heterocycles. The zero-order valence-corrected chi connectivity index (χ0v) is 23.5. The molecule has 1 saturated heterocycles. The van der Waals surface area contributed by atoms with Crippen molar-refractivity contribution >= 4 is 34.7 Å². The number of nitrogens with one attached hydrogen (secondary N) is 2. The summed E-state index contributed by atoms with van der Waals surface area (Å²) in [6.45, 7) is 6.56. The van der Waals surface area contributed by atoms with Crippen LogP contribution in [0, 0.1) is 20.8 Å². The Balaban J connectivity index is 1.27. The maximum absolute atomic E-state index is 13.1. The fourth-order valence-corrected chi connectivity index (χ4v) is 5.82. The lowest BCUT2D eigenvalue weighted by atomic mass is 9.92. The quantitative estimate of drug-likeness (QED) is 0.239. The van der Waals surface area contributed by atoms with Gasteiger partial charge in [0.05, 0.1) is 4.88 Å². The monoisotopic (exact) mass is 582 g/mol. The number of carbonyl (C=O) groups excluding carboxylic acids is 1. The summed E-state index contributed by atoms with van der Waals surface area (Å²) >= 11 is 1.35. The molecule has 0 saturated carbocycles. The number of likely N-dealkylation sites (tertiary alicyclic amines) is 1. The van der Waals surface area contributed by atoms with Crippen LogP contribution in [-0.4, -0.2) is 44.1 Å². The van der Waals surface area contributed by atoms with E-state index in [1.165, 1.54) is 11.3 Å². The first-order valence-corrected chi connectivity index (χ1v) is 13.8. The average molecular weight is 583 g/mol. The second-order valence-electron chi connectivity index (χ2n) is 10.3. The highest BCUT2D eigenvalue weighted by molar-refractivity contribution is 7.15. The minimum Gasteiger partial charge on any atom is -0.383 e. The average Bonchev–Trinajstić information content (AvgIpc) is 3.42. The normalized spacial score (nSPS) is 15.0. The number of rotatable bonds is 5. The van der Waals surface area contributed by atoms with Gasteiger partial charge in [0.25, 0.3) is 0 Å². The first-order valence-electron chi connectivity index (χ1n) is 13.0. The maximum Gasteiger partial charge on any atom is 0.433 e. The van der Waals surface area contributed by atoms with Crippen molar-refractivity contribution in [1.82, 2.24) is 19.9 Å². The highest BCUT2D eigenvalue weighted by Gasteiger charge is 2.38. The second kappa shape index (κ2) is 11.1. The third-order valence-corrected chi connectivity index (χ3v) is 8.21. The molecular formula is C29H29F3N6O2S. The third kappa shape index (κ3) is 6.49. The molecule has 5 rings (SSSR count). The van der Waals surface area contributed by atoms with Gasteiger partial charge in [-0.3, -0.25) is 0 Å². The molecule has 8 nitrogen and oxygen atoms in total. The lowest BCUT2D eigenvalue weighted by Crippen LogP contribution is -2.46. The number of urea groups is 1. The first kappa shape index (κ1) is 28.5. The lowest BCUT2D eigenvalue weighted by Gasteiger charge is -2.36. The van der Waals surface area contributed by atoms with Gasteiger partial charge in [0.2, 0.25) is 5.95 Å². The number of nitrogens with zero attached hydrogens (tertiary/aromatic N) is 4. The number of aromatic nitrogens is 3. The summed E-state index contributed by atoms with van der Waals surface area (Å²) in [5.74, 6) is -0.163. The van der Waals surface area contributed by atoms with E-state index in [4.69, 9.17) is 0 Å². The van der Waals surface area contributed by atoms with Crippen molar-refractivity contribution in [2.24, 2.45) is 0 Å². The van der Waals surface area contributed by atoms with Crippen LogP contribution in [0.25, 0.3) is 10.4 Å². The summed E-state index contributed by atoms with van der Waals surface area (Å²) < 4.78 is 39.2. The number of alkyl halides is 3. The molecule has 4 aromatic rings. The van der Waals surface area contributed by atoms with Gasteiger partial charge < -0.3 is 20.6 Å². The standard InChI is InChI=1S/C29H29F3N6O2S/c1-17-4-5-22(19(3)12-17)36-27(39)38-10-7-28(40,8-11-38)25-34-16-23(41-25)20-13-18(2)14-21(15-20)35-26-33-9-6-24(37-26)29(30,31)32/h4-6,9,12-16,40H,7-8,10-11H2,1-3H3,(H,36,39)(H,33,35,37). The SMILES string of the molecule is Cc1cc(Nc2nccc(C(F)(F)F)n2)cc(-c2cnc(C3(O)CCN(C(=O)Nc4ccc(C)cc4C)CC3)s2)c1. The minimum atomic E-state index is -4.57. The van der Waals surface area contributed by atoms with Crippen LogP contribution in [-0.2, 0) is 11.8 Å². The molecule has 0 spiro atoms. The topological polar surface area (TPSA) is 103 Å². The van der Waals surface area contributed by atoms with Crippen molar-refractivity contribution < 1.29 is 23.1 Å². The molecule has 1 aliphatic rings. The van der Waals surface area contributed by atoms with Gasteiger partial charge in [0.1, 0.15) is 16.3 Å². The zero-order chi connectivity index (χ0) is 29.4. The van der Waals surface area contributed by atoms with Gasteiger partial charge >= 0.3 is 12.2 Å². The van der Waals surface area contributed by atoms with Crippen molar-refractivity contribution in [3.8, 4) is 10.4 Å². The number of hydrogen-bond donors (Lipinski definition) is 3. The number of amides is 2. The van der Waals surface area contributed by atoms with Crippen LogP contribution in [0.1, 0.15) is 40.2 Å². The molecule has 0 radical (unpaired) electrons. The van der Waals surface area contributed by atoms with Crippen LogP contribution in [0.15, 0.2) is 54.9 Å². The Bertz CT molecular complexity index is 1580. The van der Waals surface area contributed by atoms with Crippen molar-refractivity contribution in [2.75, 3.05) is 23.7 Å². The first-order chi connectivity index (χ1) is 19.4. The van der Waals surface area contributed by atoms with Gasteiger partial charge in [0, 0.05) is 49.7 Å². The Kier molecular flexibility index (Phi) is 7.71. The number of carbonyl (C=O) groups is 1. The number of aryl methyl sites for hydroxylation is 3. The predicted molar refractivity (Wildman–Crippen MR) is 152 cm³/mol. The molecule has 214 valence electrons. The van der Waals surface area contributed by atoms with Crippen molar-refractivity contribution in [2.45, 2.75) is 45.4 Å². The van der Waals surface area contributed by atoms with Crippen LogP contribution in [0.3, 0.4) is 0 Å². The van der Waals surface area contributed by atoms with Gasteiger partial charge in [-0.15, -0.1) is 11.3 Å². The smallest absolute Gasteiger partial charge is 0.383 e. The number of hydrogen-bond acceptors (Lipinski definition) is 7. The highest BCUT2D eigenvalue weighted by atomic mass is 32.1. The van der Waals surface area contributed by atoms with Gasteiger partial charge in [-0.2, -0.15) is 13.2 Å². The van der Waals surface area contributed by atoms with Crippen LogP contribution in [0.4, 0.5) is 35.3 Å². The van der Waals surface area contributed by atoms with Crippen LogP contribution < -0.4 is 10.6 Å². The van der Waals surface area contributed by atoms with Gasteiger partial charge in [-0.05, 0) is 61.7 Å². The van der Waals surface area contributed by atoms with E-state index in [0.717, 1.165) is 45.1 Å². The predicted octanol–water partition coefficient (Wildman–Crippen LogP) is 6.80. The molecule has 2 aromatic heterocycles. The van der Waals surface area contributed by atoms with Gasteiger partial charge in [-0.25, -0.2) is 19.7 Å². The number of benzene rings is 2. The van der Waals surface area contributed by atoms with E-state index in [1.54, 1.807) is 23.2 Å². The fourth-order valence-electron chi connectivity index (χ4n) is 4.77. The molecule has 0 atom stereocenters. The zero-order valence-electron chi connectivity index (χ0n) is 22.7. The Morgan fingerprint density at radius 1 is 1.02 bits per heavy atom. The van der Waals surface area contributed by atoms with E-state index >= 15 is 0 Å². The van der Waals surface area contributed by atoms with Crippen molar-refractivity contribution in [3.63, 3.8) is 0 Å². The van der Waals surface area contributed by atoms with Gasteiger partial charge in [0.15, 0.2) is 0 Å². The van der Waals surface area contributed by atoms with E-state index in [1.807, 2.05) is 45.0 Å². The Morgan fingerprint density at radius 2 is 1.78 bits per heavy atom. The fraction of sp³-hybridized carbons (Fsp3) is 0.310. The second-order valence-corrected chi connectivity index (χ2v) is 11.3. The molecule has 41 heavy (non-hydrogen) atoms. The molecule has 2 aromatic carbocycles. The maximum atomic E-state index is 13.1. The third-order valence-electron chi connectivity index (χ3n) is 6.97. The number of halogens is 3. The summed E-state index contributed by atoms with van der Waals surface area (Å²) in [5.41, 5.74) is 2.85. The Hall–Kier alpha value is -4.03. The highest BCUT2D eigenvalue weighted by Crippen LogP contribution is 2.39. The lowest BCUT2D eigenvalue weighted by molar-refractivity contribution is -0.141. The van der Waals surface area contributed by atoms with E-state index in [0.29, 0.717) is 36.6 Å². The van der Waals surface area contributed by atoms with Crippen molar-refractivity contribution in [3.05, 3.63) is 82.3 Å². The molecule has 2 amide bonds. The molecule has 1 fully saturated rings. The molecule has 12 heteroatoms. The Morgan fingerprint density at radius 3 is 2.49 bits per heavy atom. The largest absolute Gasteiger partial charge is 0.433 e. The summed E-state index contributed by atoms with van der Waals surface area (Å²) in [6, 6.07) is 11.9. The molecular weight excluding hydrogens is 553 g/mol. The number of thiazole rings is 1. The molecule has 0 bridgehead atoms. The van der Waals surface area contributed by atoms with Crippen LogP contribution in [0.2, 0.25) is 0 Å². The Labute approximate surface area is 239 Å². The molecule has 3 N–H and O–H groups in total. The summed E-state index contributed by atoms with van der Waals surface area (Å²) in [6.07, 6.45) is -1.15. The minimum absolute atomic E-state index is 0.163. The number of anilines is 3. The van der Waals surface area contributed by atoms with Crippen LogP contribution >= 0.6 is 11.3 Å². The van der Waals surface area contributed by atoms with E-state index in [-0.39, 0.29) is 12.0 Å². The van der Waals surface area contributed by atoms with E-state index in [2.05, 4.69) is 25.6 Å². The molecule has 0 aliphatic carbocycles. The van der Waals surface area contributed by atoms with E-state index in [9.17, 15) is 23.1 Å². The summed E-state index contributed by atoms with van der Waals surface area (Å²) in [5, 5.41) is 17.8. The van der Waals surface area contributed by atoms with Gasteiger partial charge in [-0.1, -0.05) is 23.8 Å². The van der Waals surface area contributed by atoms with Crippen molar-refractivity contribution in [1.29, 1.82) is 0 Å². The van der Waals surface area contributed by atoms with E-state index < -0.39 is 17.5 Å². The molecule has 3 heterocycles. The van der Waals surface area contributed by atoms with Crippen LogP contribution in [0.5, 0.6) is 0 Å². The number of piperidine rings is 1. The summed E-state index contributed by atoms with van der Waals surface area (Å²) in [4.78, 5) is 27.3. The molecule has 0 unspecified atom stereocenters.